The van der Waals surface area contributed by atoms with Crippen molar-refractivity contribution in [2.45, 2.75) is 65.6 Å². The Hall–Kier alpha value is -2.04. The molecule has 0 spiro atoms. The van der Waals surface area contributed by atoms with E-state index in [2.05, 4.69) is 5.32 Å². The zero-order valence-electron chi connectivity index (χ0n) is 18.3. The molecule has 2 rings (SSSR count). The molecule has 1 atom stereocenters. The number of nitrogens with one attached hydrogen (secondary N) is 1. The van der Waals surface area contributed by atoms with Gasteiger partial charge in [-0.25, -0.2) is 0 Å². The molecule has 0 aliphatic carbocycles. The minimum atomic E-state index is -0.599. The molecule has 0 aliphatic rings. The van der Waals surface area contributed by atoms with E-state index in [1.54, 1.807) is 23.1 Å². The van der Waals surface area contributed by atoms with Crippen molar-refractivity contribution in [2.24, 2.45) is 0 Å². The summed E-state index contributed by atoms with van der Waals surface area (Å²) in [6, 6.07) is 12.5. The standard InChI is InChI=1S/C24H30Cl2N2O2/c1-6-21(23(30)27-24(3,4)5)28(15-17-10-7-9-16(2)13-17)22(29)14-18-19(25)11-8-12-20(18)26/h7-13,21H,6,14-15H2,1-5H3,(H,27,30). The van der Waals surface area contributed by atoms with Crippen molar-refractivity contribution in [1.82, 2.24) is 10.2 Å². The second-order valence-electron chi connectivity index (χ2n) is 8.55. The zero-order chi connectivity index (χ0) is 22.5. The number of nitrogens with zero attached hydrogens (tertiary/aromatic N) is 1. The highest BCUT2D eigenvalue weighted by atomic mass is 35.5. The van der Waals surface area contributed by atoms with Crippen LogP contribution in [0.4, 0.5) is 0 Å². The van der Waals surface area contributed by atoms with Crippen molar-refractivity contribution in [3.63, 3.8) is 0 Å². The lowest BCUT2D eigenvalue weighted by molar-refractivity contribution is -0.141. The summed E-state index contributed by atoms with van der Waals surface area (Å²) >= 11 is 12.6. The van der Waals surface area contributed by atoms with Gasteiger partial charge in [-0.3, -0.25) is 9.59 Å². The monoisotopic (exact) mass is 448 g/mol. The highest BCUT2D eigenvalue weighted by molar-refractivity contribution is 6.36. The molecule has 2 aromatic rings. The Labute approximate surface area is 189 Å². The molecule has 1 unspecified atom stereocenters. The summed E-state index contributed by atoms with van der Waals surface area (Å²) in [5, 5.41) is 3.89. The predicted molar refractivity (Wildman–Crippen MR) is 124 cm³/mol. The van der Waals surface area contributed by atoms with Crippen LogP contribution in [0, 0.1) is 6.92 Å². The molecule has 0 aliphatic heterocycles. The highest BCUT2D eigenvalue weighted by Crippen LogP contribution is 2.26. The first-order valence-corrected chi connectivity index (χ1v) is 10.9. The van der Waals surface area contributed by atoms with E-state index in [-0.39, 0.29) is 18.2 Å². The van der Waals surface area contributed by atoms with Crippen LogP contribution in [0.25, 0.3) is 0 Å². The first-order chi connectivity index (χ1) is 14.0. The number of hydrogen-bond acceptors (Lipinski definition) is 2. The third kappa shape index (κ3) is 6.75. The molecule has 0 saturated heterocycles. The van der Waals surface area contributed by atoms with E-state index in [0.717, 1.165) is 11.1 Å². The number of carbonyl (C=O) groups is 2. The number of carbonyl (C=O) groups excluding carboxylic acids is 2. The molecule has 0 bridgehead atoms. The summed E-state index contributed by atoms with van der Waals surface area (Å²) in [5.74, 6) is -0.362. The summed E-state index contributed by atoms with van der Waals surface area (Å²) in [4.78, 5) is 28.1. The largest absolute Gasteiger partial charge is 0.350 e. The van der Waals surface area contributed by atoms with Gasteiger partial charge in [0, 0.05) is 22.1 Å². The lowest BCUT2D eigenvalue weighted by atomic mass is 10.0. The van der Waals surface area contributed by atoms with Crippen LogP contribution in [0.1, 0.15) is 50.8 Å². The van der Waals surface area contributed by atoms with E-state index in [4.69, 9.17) is 23.2 Å². The van der Waals surface area contributed by atoms with Crippen molar-refractivity contribution in [2.75, 3.05) is 0 Å². The van der Waals surface area contributed by atoms with Gasteiger partial charge >= 0.3 is 0 Å². The molecule has 1 N–H and O–H groups in total. The molecular weight excluding hydrogens is 419 g/mol. The van der Waals surface area contributed by atoms with Crippen LogP contribution in [-0.2, 0) is 22.6 Å². The zero-order valence-corrected chi connectivity index (χ0v) is 19.8. The Morgan fingerprint density at radius 1 is 1.07 bits per heavy atom. The SMILES string of the molecule is CCC(C(=O)NC(C)(C)C)N(Cc1cccc(C)c1)C(=O)Cc1c(Cl)cccc1Cl. The predicted octanol–water partition coefficient (Wildman–Crippen LogP) is 5.57. The highest BCUT2D eigenvalue weighted by Gasteiger charge is 2.31. The number of amides is 2. The van der Waals surface area contributed by atoms with Crippen LogP contribution in [-0.4, -0.2) is 28.3 Å². The van der Waals surface area contributed by atoms with Gasteiger partial charge in [-0.2, -0.15) is 0 Å². The number of rotatable bonds is 7. The number of benzene rings is 2. The van der Waals surface area contributed by atoms with Crippen LogP contribution < -0.4 is 5.32 Å². The van der Waals surface area contributed by atoms with Crippen molar-refractivity contribution in [3.8, 4) is 0 Å². The van der Waals surface area contributed by atoms with Gasteiger partial charge in [0.05, 0.1) is 6.42 Å². The minimum absolute atomic E-state index is 0.0314. The molecule has 2 aromatic carbocycles. The van der Waals surface area contributed by atoms with Crippen molar-refractivity contribution < 1.29 is 9.59 Å². The Balaban J connectivity index is 2.38. The van der Waals surface area contributed by atoms with Crippen molar-refractivity contribution >= 4 is 35.0 Å². The topological polar surface area (TPSA) is 49.4 Å². The maximum absolute atomic E-state index is 13.4. The van der Waals surface area contributed by atoms with E-state index in [9.17, 15) is 9.59 Å². The van der Waals surface area contributed by atoms with Gasteiger partial charge in [0.1, 0.15) is 6.04 Å². The van der Waals surface area contributed by atoms with Crippen molar-refractivity contribution in [1.29, 1.82) is 0 Å². The van der Waals surface area contributed by atoms with Crippen LogP contribution >= 0.6 is 23.2 Å². The quantitative estimate of drug-likeness (QED) is 0.601. The molecule has 162 valence electrons. The summed E-state index contributed by atoms with van der Waals surface area (Å²) in [7, 11) is 0. The lowest BCUT2D eigenvalue weighted by Crippen LogP contribution is -2.53. The van der Waals surface area contributed by atoms with Crippen LogP contribution in [0.3, 0.4) is 0 Å². The Morgan fingerprint density at radius 3 is 2.20 bits per heavy atom. The van der Waals surface area contributed by atoms with Gasteiger partial charge in [-0.15, -0.1) is 0 Å². The van der Waals surface area contributed by atoms with E-state index in [1.165, 1.54) is 0 Å². The fourth-order valence-electron chi connectivity index (χ4n) is 3.33. The molecule has 0 heterocycles. The summed E-state index contributed by atoms with van der Waals surface area (Å²) in [6.45, 7) is 10.0. The van der Waals surface area contributed by atoms with Crippen LogP contribution in [0.5, 0.6) is 0 Å². The summed E-state index contributed by atoms with van der Waals surface area (Å²) in [6.07, 6.45) is 0.527. The average Bonchev–Trinajstić information content (AvgIpc) is 2.63. The molecule has 0 fully saturated rings. The van der Waals surface area contributed by atoms with Gasteiger partial charge in [0.15, 0.2) is 0 Å². The van der Waals surface area contributed by atoms with E-state index >= 15 is 0 Å². The molecule has 0 saturated carbocycles. The second-order valence-corrected chi connectivity index (χ2v) is 9.37. The van der Waals surface area contributed by atoms with E-state index in [0.29, 0.717) is 28.6 Å². The van der Waals surface area contributed by atoms with Gasteiger partial charge in [0.25, 0.3) is 0 Å². The van der Waals surface area contributed by atoms with Gasteiger partial charge < -0.3 is 10.2 Å². The van der Waals surface area contributed by atoms with Gasteiger partial charge in [-0.1, -0.05) is 66.0 Å². The smallest absolute Gasteiger partial charge is 0.243 e. The van der Waals surface area contributed by atoms with Gasteiger partial charge in [-0.05, 0) is 57.4 Å². The van der Waals surface area contributed by atoms with Crippen LogP contribution in [0.2, 0.25) is 10.0 Å². The molecule has 4 nitrogen and oxygen atoms in total. The fraction of sp³-hybridized carbons (Fsp3) is 0.417. The molecule has 6 heteroatoms. The lowest BCUT2D eigenvalue weighted by Gasteiger charge is -2.33. The Kier molecular flexibility index (Phi) is 8.34. The van der Waals surface area contributed by atoms with E-state index in [1.807, 2.05) is 58.9 Å². The average molecular weight is 449 g/mol. The van der Waals surface area contributed by atoms with Crippen LogP contribution in [0.15, 0.2) is 42.5 Å². The number of aryl methyl sites for hydroxylation is 1. The first kappa shape index (κ1) is 24.2. The Bertz CT molecular complexity index is 886. The Morgan fingerprint density at radius 2 is 1.67 bits per heavy atom. The summed E-state index contributed by atoms with van der Waals surface area (Å²) in [5.41, 5.74) is 2.25. The molecule has 2 amide bonds. The van der Waals surface area contributed by atoms with E-state index < -0.39 is 11.6 Å². The number of hydrogen-bond donors (Lipinski definition) is 1. The third-order valence-corrected chi connectivity index (χ3v) is 5.42. The second kappa shape index (κ2) is 10.3. The maximum Gasteiger partial charge on any atom is 0.243 e. The number of halogens is 2. The van der Waals surface area contributed by atoms with Gasteiger partial charge in [0.2, 0.25) is 11.8 Å². The molecule has 0 aromatic heterocycles. The first-order valence-electron chi connectivity index (χ1n) is 10.1. The van der Waals surface area contributed by atoms with Crippen molar-refractivity contribution in [3.05, 3.63) is 69.2 Å². The normalized spacial score (nSPS) is 12.4. The third-order valence-electron chi connectivity index (χ3n) is 4.71. The fourth-order valence-corrected chi connectivity index (χ4v) is 3.86. The minimum Gasteiger partial charge on any atom is -0.350 e. The maximum atomic E-state index is 13.4. The summed E-state index contributed by atoms with van der Waals surface area (Å²) < 4.78 is 0. The molecular formula is C24H30Cl2N2O2. The molecule has 30 heavy (non-hydrogen) atoms. The molecule has 0 radical (unpaired) electrons.